The van der Waals surface area contributed by atoms with Crippen LogP contribution in [0.4, 0.5) is 0 Å². The van der Waals surface area contributed by atoms with Crippen molar-refractivity contribution in [3.8, 4) is 0 Å². The third-order valence-electron chi connectivity index (χ3n) is 11.5. The average molecular weight is 679 g/mol. The maximum Gasteiger partial charge on any atom is 0.0782 e. The van der Waals surface area contributed by atoms with Gasteiger partial charge in [-0.1, -0.05) is 194 Å². The number of hydrogen-bond donors (Lipinski definition) is 0. The van der Waals surface area contributed by atoms with Gasteiger partial charge in [0.2, 0.25) is 0 Å². The minimum absolute atomic E-state index is 1.24. The number of hydrogen-bond acceptors (Lipinski definition) is 0. The van der Waals surface area contributed by atoms with Gasteiger partial charge in [-0.2, -0.15) is 0 Å². The van der Waals surface area contributed by atoms with Crippen molar-refractivity contribution in [1.82, 2.24) is 0 Å². The van der Waals surface area contributed by atoms with Gasteiger partial charge in [0, 0.05) is 0 Å². The Labute approximate surface area is 307 Å². The van der Waals surface area contributed by atoms with Crippen LogP contribution >= 0.6 is 0 Å². The fourth-order valence-electron chi connectivity index (χ4n) is 7.83. The monoisotopic (exact) mass is 679 g/mol. The lowest BCUT2D eigenvalue weighted by Gasteiger charge is -2.30. The zero-order chi connectivity index (χ0) is 35.3. The van der Waals surface area contributed by atoms with Gasteiger partial charge in [-0.3, -0.25) is 0 Å². The van der Waals surface area contributed by atoms with Crippen molar-refractivity contribution in [2.45, 2.75) is 245 Å². The largest absolute Gasteiger partial charge is 0.328 e. The van der Waals surface area contributed by atoms with Crippen LogP contribution in [-0.4, -0.2) is 63.3 Å². The van der Waals surface area contributed by atoms with Crippen molar-refractivity contribution in [3.05, 3.63) is 0 Å². The van der Waals surface area contributed by atoms with E-state index in [-0.39, 0.29) is 0 Å². The Morgan fingerprint density at radius 2 is 0.312 bits per heavy atom. The van der Waals surface area contributed by atoms with E-state index in [0.29, 0.717) is 0 Å². The molecule has 0 aliphatic rings. The summed E-state index contributed by atoms with van der Waals surface area (Å²) < 4.78 is 2.48. The summed E-state index contributed by atoms with van der Waals surface area (Å²) in [6.07, 6.45) is 52.5. The third-order valence-corrected chi connectivity index (χ3v) is 11.5. The number of nitrogens with zero attached hydrogens (tertiary/aromatic N) is 2. The maximum absolute atomic E-state index is 2.47. The van der Waals surface area contributed by atoms with Gasteiger partial charge in [0.25, 0.3) is 0 Å². The van der Waals surface area contributed by atoms with Gasteiger partial charge in [0.1, 0.15) is 0 Å². The molecule has 0 amide bonds. The molecule has 0 saturated carbocycles. The molecule has 0 fully saturated rings. The molecule has 0 aliphatic carbocycles. The number of rotatable bonds is 41. The average Bonchev–Trinajstić information content (AvgIpc) is 3.05. The Bertz CT molecular complexity index is 545. The van der Waals surface area contributed by atoms with E-state index in [2.05, 4.69) is 42.0 Å². The first-order chi connectivity index (χ1) is 23.3. The van der Waals surface area contributed by atoms with Gasteiger partial charge in [0.15, 0.2) is 0 Å². The standard InChI is InChI=1S/C46H98N2/c1-7-9-11-13-15-17-19-21-23-25-27-31-35-39-43-47(3,4)45-41-37-33-29-30-34-38-42-46-48(5,6)44-40-36-32-28-26-24-22-20-18-16-14-12-10-8-2/h7-46H2,1-6H3/q+2. The van der Waals surface area contributed by atoms with Crippen molar-refractivity contribution >= 4 is 0 Å². The summed E-state index contributed by atoms with van der Waals surface area (Å²) in [6.45, 7) is 10.1. The van der Waals surface area contributed by atoms with Gasteiger partial charge in [-0.05, 0) is 51.4 Å². The van der Waals surface area contributed by atoms with Crippen molar-refractivity contribution in [2.24, 2.45) is 0 Å². The second kappa shape index (κ2) is 36.7. The van der Waals surface area contributed by atoms with E-state index >= 15 is 0 Å². The summed E-state index contributed by atoms with van der Waals surface area (Å²) in [7, 11) is 9.90. The lowest BCUT2D eigenvalue weighted by atomic mass is 10.0. The highest BCUT2D eigenvalue weighted by Gasteiger charge is 2.15. The van der Waals surface area contributed by atoms with E-state index < -0.39 is 0 Å². The van der Waals surface area contributed by atoms with E-state index in [0.717, 1.165) is 0 Å². The summed E-state index contributed by atoms with van der Waals surface area (Å²) in [5, 5.41) is 0. The van der Waals surface area contributed by atoms with Gasteiger partial charge in [0.05, 0.1) is 54.4 Å². The van der Waals surface area contributed by atoms with Crippen LogP contribution in [0.2, 0.25) is 0 Å². The van der Waals surface area contributed by atoms with E-state index in [4.69, 9.17) is 0 Å². The zero-order valence-electron chi connectivity index (χ0n) is 35.2. The topological polar surface area (TPSA) is 0 Å². The van der Waals surface area contributed by atoms with Crippen LogP contribution < -0.4 is 0 Å². The molecule has 0 rings (SSSR count). The first-order valence-electron chi connectivity index (χ1n) is 23.0. The van der Waals surface area contributed by atoms with Crippen molar-refractivity contribution in [2.75, 3.05) is 54.4 Å². The molecule has 0 N–H and O–H groups in total. The molecule has 0 bridgehead atoms. The Hall–Kier alpha value is -0.0800. The predicted molar refractivity (Wildman–Crippen MR) is 221 cm³/mol. The molecule has 0 heterocycles. The normalized spacial score (nSPS) is 12.4. The van der Waals surface area contributed by atoms with Crippen LogP contribution in [0.25, 0.3) is 0 Å². The number of unbranched alkanes of at least 4 members (excludes halogenated alkanes) is 33. The molecular weight excluding hydrogens is 581 g/mol. The Morgan fingerprint density at radius 1 is 0.188 bits per heavy atom. The maximum atomic E-state index is 2.47. The van der Waals surface area contributed by atoms with E-state index in [1.165, 1.54) is 266 Å². The smallest absolute Gasteiger partial charge is 0.0782 e. The lowest BCUT2D eigenvalue weighted by molar-refractivity contribution is -0.890. The molecule has 2 nitrogen and oxygen atoms in total. The summed E-state index contributed by atoms with van der Waals surface area (Å²) >= 11 is 0. The summed E-state index contributed by atoms with van der Waals surface area (Å²) in [5.74, 6) is 0. The van der Waals surface area contributed by atoms with E-state index in [9.17, 15) is 0 Å². The molecule has 0 saturated heterocycles. The van der Waals surface area contributed by atoms with E-state index in [1.54, 1.807) is 0 Å². The predicted octanol–water partition coefficient (Wildman–Crippen LogP) is 15.2. The van der Waals surface area contributed by atoms with E-state index in [1.807, 2.05) is 0 Å². The highest BCUT2D eigenvalue weighted by molar-refractivity contribution is 4.53. The summed E-state index contributed by atoms with van der Waals surface area (Å²) in [5.41, 5.74) is 0. The van der Waals surface area contributed by atoms with Crippen LogP contribution in [0.1, 0.15) is 245 Å². The quantitative estimate of drug-likeness (QED) is 0.0446. The molecule has 0 unspecified atom stereocenters. The highest BCUT2D eigenvalue weighted by atomic mass is 15.3. The molecule has 0 aliphatic heterocycles. The molecule has 0 spiro atoms. The molecular formula is C46H98N2+2. The van der Waals surface area contributed by atoms with Gasteiger partial charge in [-0.15, -0.1) is 0 Å². The van der Waals surface area contributed by atoms with Crippen molar-refractivity contribution in [3.63, 3.8) is 0 Å². The first kappa shape index (κ1) is 47.9. The van der Waals surface area contributed by atoms with Crippen molar-refractivity contribution in [1.29, 1.82) is 0 Å². The van der Waals surface area contributed by atoms with Crippen LogP contribution in [0.5, 0.6) is 0 Å². The molecule has 0 aromatic heterocycles. The Morgan fingerprint density at radius 3 is 0.458 bits per heavy atom. The molecule has 2 heteroatoms. The van der Waals surface area contributed by atoms with Gasteiger partial charge < -0.3 is 8.97 Å². The molecule has 48 heavy (non-hydrogen) atoms. The number of quaternary nitrogens is 2. The van der Waals surface area contributed by atoms with Crippen LogP contribution in [0.15, 0.2) is 0 Å². The molecule has 0 aromatic rings. The van der Waals surface area contributed by atoms with Gasteiger partial charge in [-0.25, -0.2) is 0 Å². The van der Waals surface area contributed by atoms with Crippen LogP contribution in [0, 0.1) is 0 Å². The summed E-state index contributed by atoms with van der Waals surface area (Å²) in [6, 6.07) is 0. The Kier molecular flexibility index (Phi) is 36.6. The minimum atomic E-state index is 1.24. The minimum Gasteiger partial charge on any atom is -0.328 e. The van der Waals surface area contributed by atoms with Crippen LogP contribution in [0.3, 0.4) is 0 Å². The molecule has 0 radical (unpaired) electrons. The van der Waals surface area contributed by atoms with Gasteiger partial charge >= 0.3 is 0 Å². The zero-order valence-corrected chi connectivity index (χ0v) is 35.2. The van der Waals surface area contributed by atoms with Crippen molar-refractivity contribution < 1.29 is 8.97 Å². The molecule has 0 atom stereocenters. The first-order valence-corrected chi connectivity index (χ1v) is 23.0. The second-order valence-electron chi connectivity index (χ2n) is 17.8. The lowest BCUT2D eigenvalue weighted by Crippen LogP contribution is -2.41. The summed E-state index contributed by atoms with van der Waals surface area (Å²) in [4.78, 5) is 0. The fourth-order valence-corrected chi connectivity index (χ4v) is 7.83. The molecule has 290 valence electrons. The second-order valence-corrected chi connectivity index (χ2v) is 17.8. The third kappa shape index (κ3) is 38.7. The highest BCUT2D eigenvalue weighted by Crippen LogP contribution is 2.17. The SMILES string of the molecule is CCCCCCCCCCCCCCCC[N+](C)(C)CCCCCCCCCC[N+](C)(C)CCCCCCCCCCCCCCCC. The molecule has 0 aromatic carbocycles. The Balaban J connectivity index is 3.42. The van der Waals surface area contributed by atoms with Crippen LogP contribution in [-0.2, 0) is 0 Å². The fraction of sp³-hybridized carbons (Fsp3) is 1.00.